The molecular formula is C11H14ClN3O. The van der Waals surface area contributed by atoms with E-state index in [2.05, 4.69) is 17.0 Å². The highest BCUT2D eigenvalue weighted by Gasteiger charge is 2.15. The molecule has 0 N–H and O–H groups in total. The third-order valence-corrected chi connectivity index (χ3v) is 2.56. The van der Waals surface area contributed by atoms with Crippen molar-refractivity contribution in [1.82, 2.24) is 14.8 Å². The summed E-state index contributed by atoms with van der Waals surface area (Å²) in [6.07, 6.45) is 4.50. The molecule has 0 amide bonds. The summed E-state index contributed by atoms with van der Waals surface area (Å²) >= 11 is 5.91. The second kappa shape index (κ2) is 4.29. The van der Waals surface area contributed by atoms with E-state index in [0.717, 1.165) is 23.4 Å². The largest absolute Gasteiger partial charge is 0.439 e. The summed E-state index contributed by atoms with van der Waals surface area (Å²) in [5.41, 5.74) is 1.99. The Hall–Kier alpha value is -1.29. The number of alkyl halides is 1. The van der Waals surface area contributed by atoms with Crippen LogP contribution < -0.4 is 0 Å². The van der Waals surface area contributed by atoms with E-state index in [1.807, 2.05) is 20.2 Å². The van der Waals surface area contributed by atoms with Gasteiger partial charge in [0.25, 0.3) is 0 Å². The molecule has 16 heavy (non-hydrogen) atoms. The van der Waals surface area contributed by atoms with Crippen LogP contribution in [0.4, 0.5) is 0 Å². The Morgan fingerprint density at radius 3 is 2.88 bits per heavy atom. The number of rotatable bonds is 3. The van der Waals surface area contributed by atoms with Gasteiger partial charge in [0.2, 0.25) is 5.89 Å². The third-order valence-electron chi connectivity index (χ3n) is 2.37. The lowest BCUT2D eigenvalue weighted by molar-refractivity contribution is 0.507. The maximum absolute atomic E-state index is 5.91. The average molecular weight is 240 g/mol. The quantitative estimate of drug-likeness (QED) is 0.774. The molecule has 5 heteroatoms. The Bertz CT molecular complexity index is 487. The van der Waals surface area contributed by atoms with Crippen LogP contribution in [-0.4, -0.2) is 14.8 Å². The van der Waals surface area contributed by atoms with Crippen molar-refractivity contribution >= 4 is 11.6 Å². The molecule has 1 atom stereocenters. The molecule has 0 saturated heterocycles. The molecule has 1 unspecified atom stereocenters. The molecular weight excluding hydrogens is 226 g/mol. The highest BCUT2D eigenvalue weighted by Crippen LogP contribution is 2.27. The smallest absolute Gasteiger partial charge is 0.212 e. The van der Waals surface area contributed by atoms with Crippen LogP contribution in [-0.2, 0) is 13.5 Å². The van der Waals surface area contributed by atoms with Crippen molar-refractivity contribution in [1.29, 1.82) is 0 Å². The standard InChI is InChI=1S/C11H14ClN3O/c1-4-9-8(6-15(3)14-9)10-5-13-11(16-10)7(2)12/h5-7H,4H2,1-3H3. The monoisotopic (exact) mass is 239 g/mol. The normalized spacial score (nSPS) is 13.0. The van der Waals surface area contributed by atoms with Crippen molar-refractivity contribution in [3.63, 3.8) is 0 Å². The minimum absolute atomic E-state index is 0.213. The van der Waals surface area contributed by atoms with E-state index in [-0.39, 0.29) is 5.38 Å². The van der Waals surface area contributed by atoms with Gasteiger partial charge < -0.3 is 4.42 Å². The Morgan fingerprint density at radius 2 is 2.31 bits per heavy atom. The Labute approximate surface area is 99.2 Å². The van der Waals surface area contributed by atoms with Crippen molar-refractivity contribution in [3.8, 4) is 11.3 Å². The van der Waals surface area contributed by atoms with E-state index >= 15 is 0 Å². The number of hydrogen-bond donors (Lipinski definition) is 0. The van der Waals surface area contributed by atoms with Crippen molar-refractivity contribution < 1.29 is 4.42 Å². The van der Waals surface area contributed by atoms with Gasteiger partial charge in [-0.3, -0.25) is 4.68 Å². The topological polar surface area (TPSA) is 43.9 Å². The lowest BCUT2D eigenvalue weighted by Crippen LogP contribution is -1.89. The van der Waals surface area contributed by atoms with Crippen molar-refractivity contribution in [2.75, 3.05) is 0 Å². The Kier molecular flexibility index (Phi) is 3.01. The van der Waals surface area contributed by atoms with E-state index in [4.69, 9.17) is 16.0 Å². The van der Waals surface area contributed by atoms with Crippen LogP contribution >= 0.6 is 11.6 Å². The SMILES string of the molecule is CCc1nn(C)cc1-c1cnc(C(C)Cl)o1. The molecule has 2 rings (SSSR count). The Morgan fingerprint density at radius 1 is 1.56 bits per heavy atom. The zero-order valence-corrected chi connectivity index (χ0v) is 10.3. The molecule has 0 radical (unpaired) electrons. The molecule has 2 heterocycles. The van der Waals surface area contributed by atoms with E-state index in [1.165, 1.54) is 0 Å². The molecule has 0 spiro atoms. The lowest BCUT2D eigenvalue weighted by Gasteiger charge is -1.95. The fourth-order valence-electron chi connectivity index (χ4n) is 1.60. The molecule has 0 aromatic carbocycles. The van der Waals surface area contributed by atoms with Crippen molar-refractivity contribution in [2.24, 2.45) is 7.05 Å². The maximum atomic E-state index is 5.91. The summed E-state index contributed by atoms with van der Waals surface area (Å²) in [4.78, 5) is 4.14. The summed E-state index contributed by atoms with van der Waals surface area (Å²) in [6, 6.07) is 0. The fraction of sp³-hybridized carbons (Fsp3) is 0.455. The van der Waals surface area contributed by atoms with Gasteiger partial charge in [0, 0.05) is 13.2 Å². The highest BCUT2D eigenvalue weighted by molar-refractivity contribution is 6.20. The first-order valence-electron chi connectivity index (χ1n) is 5.24. The van der Waals surface area contributed by atoms with Crippen LogP contribution in [0.5, 0.6) is 0 Å². The molecule has 0 aliphatic rings. The third kappa shape index (κ3) is 1.97. The van der Waals surface area contributed by atoms with E-state index in [9.17, 15) is 0 Å². The summed E-state index contributed by atoms with van der Waals surface area (Å²) in [7, 11) is 1.89. The molecule has 0 bridgehead atoms. The lowest BCUT2D eigenvalue weighted by atomic mass is 10.2. The summed E-state index contributed by atoms with van der Waals surface area (Å²) < 4.78 is 7.37. The number of hydrogen-bond acceptors (Lipinski definition) is 3. The first-order chi connectivity index (χ1) is 7.61. The van der Waals surface area contributed by atoms with Gasteiger partial charge in [-0.15, -0.1) is 11.6 Å². The summed E-state index contributed by atoms with van der Waals surface area (Å²) in [6.45, 7) is 3.90. The zero-order valence-electron chi connectivity index (χ0n) is 9.57. The van der Waals surface area contributed by atoms with E-state index < -0.39 is 0 Å². The van der Waals surface area contributed by atoms with Gasteiger partial charge in [-0.2, -0.15) is 5.10 Å². The van der Waals surface area contributed by atoms with Gasteiger partial charge in [-0.05, 0) is 13.3 Å². The second-order valence-electron chi connectivity index (χ2n) is 3.70. The van der Waals surface area contributed by atoms with Gasteiger partial charge in [0.15, 0.2) is 5.76 Å². The number of aryl methyl sites for hydroxylation is 2. The molecule has 2 aromatic heterocycles. The molecule has 0 aliphatic carbocycles. The summed E-state index contributed by atoms with van der Waals surface area (Å²) in [5, 5.41) is 4.14. The number of halogens is 1. The second-order valence-corrected chi connectivity index (χ2v) is 4.35. The first kappa shape index (κ1) is 11.2. The average Bonchev–Trinajstić information content (AvgIpc) is 2.82. The predicted octanol–water partition coefficient (Wildman–Crippen LogP) is 2.94. The van der Waals surface area contributed by atoms with Crippen LogP contribution in [0, 0.1) is 0 Å². The molecule has 0 aliphatic heterocycles. The highest BCUT2D eigenvalue weighted by atomic mass is 35.5. The minimum Gasteiger partial charge on any atom is -0.439 e. The molecule has 4 nitrogen and oxygen atoms in total. The summed E-state index contributed by atoms with van der Waals surface area (Å²) in [5.74, 6) is 1.27. The predicted molar refractivity (Wildman–Crippen MR) is 62.4 cm³/mol. The molecule has 0 fully saturated rings. The van der Waals surface area contributed by atoms with Crippen LogP contribution in [0.25, 0.3) is 11.3 Å². The van der Waals surface area contributed by atoms with Gasteiger partial charge in [-0.25, -0.2) is 4.98 Å². The maximum Gasteiger partial charge on any atom is 0.212 e. The van der Waals surface area contributed by atoms with Gasteiger partial charge >= 0.3 is 0 Å². The van der Waals surface area contributed by atoms with Crippen LogP contribution in [0.2, 0.25) is 0 Å². The number of nitrogens with zero attached hydrogens (tertiary/aromatic N) is 3. The van der Waals surface area contributed by atoms with Crippen LogP contribution in [0.15, 0.2) is 16.8 Å². The van der Waals surface area contributed by atoms with Gasteiger partial charge in [0.05, 0.1) is 17.5 Å². The van der Waals surface area contributed by atoms with Crippen molar-refractivity contribution in [2.45, 2.75) is 25.6 Å². The van der Waals surface area contributed by atoms with E-state index in [0.29, 0.717) is 5.89 Å². The van der Waals surface area contributed by atoms with Gasteiger partial charge in [0.1, 0.15) is 5.38 Å². The van der Waals surface area contributed by atoms with Crippen molar-refractivity contribution in [3.05, 3.63) is 24.0 Å². The van der Waals surface area contributed by atoms with Crippen LogP contribution in [0.1, 0.15) is 30.8 Å². The molecule has 2 aromatic rings. The van der Waals surface area contributed by atoms with Crippen LogP contribution in [0.3, 0.4) is 0 Å². The van der Waals surface area contributed by atoms with Gasteiger partial charge in [-0.1, -0.05) is 6.92 Å². The fourth-order valence-corrected chi connectivity index (χ4v) is 1.70. The number of aromatic nitrogens is 3. The Balaban J connectivity index is 2.41. The minimum atomic E-state index is -0.213. The first-order valence-corrected chi connectivity index (χ1v) is 5.68. The molecule has 86 valence electrons. The molecule has 0 saturated carbocycles. The number of oxazole rings is 1. The van der Waals surface area contributed by atoms with E-state index in [1.54, 1.807) is 10.9 Å². The zero-order chi connectivity index (χ0) is 11.7.